The summed E-state index contributed by atoms with van der Waals surface area (Å²) in [7, 11) is -2.81. The van der Waals surface area contributed by atoms with Crippen molar-refractivity contribution in [1.29, 1.82) is 0 Å². The minimum atomic E-state index is -4.10. The summed E-state index contributed by atoms with van der Waals surface area (Å²) in [6.45, 7) is 0.304. The molecule has 1 aliphatic rings. The van der Waals surface area contributed by atoms with Crippen LogP contribution < -0.4 is 14.8 Å². The number of benzene rings is 1. The molecule has 120 valence electrons. The highest BCUT2D eigenvalue weighted by atomic mass is 32.2. The van der Waals surface area contributed by atoms with Crippen LogP contribution >= 0.6 is 0 Å². The molecule has 2 heterocycles. The third-order valence-electron chi connectivity index (χ3n) is 3.30. The monoisotopic (exact) mass is 337 g/mol. The summed E-state index contributed by atoms with van der Waals surface area (Å²) in [6, 6.07) is 4.56. The maximum Gasteiger partial charge on any atom is 0.265 e. The van der Waals surface area contributed by atoms with Gasteiger partial charge in [0.1, 0.15) is 16.5 Å². The van der Waals surface area contributed by atoms with Gasteiger partial charge in [-0.05, 0) is 24.3 Å². The SMILES string of the molecule is COc1ccc(F)cc1S(=O)(=O)Nc1cnc2c(c1)C(=O)NC2. The molecule has 0 aliphatic carbocycles. The molecule has 0 saturated carbocycles. The Labute approximate surface area is 131 Å². The molecule has 0 spiro atoms. The first kappa shape index (κ1) is 15.2. The fourth-order valence-electron chi connectivity index (χ4n) is 2.22. The summed E-state index contributed by atoms with van der Waals surface area (Å²) in [6.07, 6.45) is 1.29. The number of amides is 1. The van der Waals surface area contributed by atoms with E-state index in [0.29, 0.717) is 17.8 Å². The summed E-state index contributed by atoms with van der Waals surface area (Å²) in [5.74, 6) is -1.03. The highest BCUT2D eigenvalue weighted by molar-refractivity contribution is 7.92. The number of pyridine rings is 1. The first-order chi connectivity index (χ1) is 10.9. The lowest BCUT2D eigenvalue weighted by atomic mass is 10.2. The molecule has 9 heteroatoms. The second kappa shape index (κ2) is 5.51. The van der Waals surface area contributed by atoms with Crippen LogP contribution in [0.4, 0.5) is 10.1 Å². The zero-order valence-corrected chi connectivity index (χ0v) is 12.8. The lowest BCUT2D eigenvalue weighted by Gasteiger charge is -2.12. The number of aromatic nitrogens is 1. The molecular formula is C14H12FN3O4S. The van der Waals surface area contributed by atoms with Crippen LogP contribution in [0.1, 0.15) is 16.1 Å². The number of anilines is 1. The number of carbonyl (C=O) groups excluding carboxylic acids is 1. The third kappa shape index (κ3) is 2.82. The molecule has 1 amide bonds. The van der Waals surface area contributed by atoms with Gasteiger partial charge in [0.2, 0.25) is 0 Å². The van der Waals surface area contributed by atoms with Crippen LogP contribution in [-0.2, 0) is 16.6 Å². The number of nitrogens with one attached hydrogen (secondary N) is 2. The Kier molecular flexibility index (Phi) is 3.64. The molecule has 1 aromatic carbocycles. The van der Waals surface area contributed by atoms with E-state index in [2.05, 4.69) is 15.0 Å². The van der Waals surface area contributed by atoms with E-state index in [1.165, 1.54) is 25.4 Å². The molecule has 2 N–H and O–H groups in total. The highest BCUT2D eigenvalue weighted by Crippen LogP contribution is 2.27. The van der Waals surface area contributed by atoms with Crippen molar-refractivity contribution >= 4 is 21.6 Å². The number of hydrogen-bond donors (Lipinski definition) is 2. The van der Waals surface area contributed by atoms with Gasteiger partial charge in [0.15, 0.2) is 0 Å². The van der Waals surface area contributed by atoms with Gasteiger partial charge in [0, 0.05) is 0 Å². The second-order valence-corrected chi connectivity index (χ2v) is 6.45. The lowest BCUT2D eigenvalue weighted by molar-refractivity contribution is 0.0965. The van der Waals surface area contributed by atoms with Crippen LogP contribution in [0.5, 0.6) is 5.75 Å². The minimum Gasteiger partial charge on any atom is -0.495 e. The maximum atomic E-state index is 13.4. The Morgan fingerprint density at radius 2 is 2.13 bits per heavy atom. The van der Waals surface area contributed by atoms with E-state index in [9.17, 15) is 17.6 Å². The van der Waals surface area contributed by atoms with Gasteiger partial charge in [0.05, 0.1) is 36.8 Å². The maximum absolute atomic E-state index is 13.4. The quantitative estimate of drug-likeness (QED) is 0.876. The van der Waals surface area contributed by atoms with Gasteiger partial charge in [-0.2, -0.15) is 0 Å². The third-order valence-corrected chi connectivity index (χ3v) is 4.70. The van der Waals surface area contributed by atoms with Gasteiger partial charge in [0.25, 0.3) is 15.9 Å². The Morgan fingerprint density at radius 1 is 1.35 bits per heavy atom. The normalized spacial score (nSPS) is 13.4. The number of methoxy groups -OCH3 is 1. The molecule has 0 radical (unpaired) electrons. The standard InChI is InChI=1S/C14H12FN3O4S/c1-22-12-3-2-8(15)4-13(12)23(20,21)18-9-5-10-11(16-6-9)7-17-14(10)19/h2-6,18H,7H2,1H3,(H,17,19). The number of rotatable bonds is 4. The van der Waals surface area contributed by atoms with Gasteiger partial charge < -0.3 is 10.1 Å². The molecule has 2 aromatic rings. The molecule has 0 atom stereocenters. The van der Waals surface area contributed by atoms with Crippen LogP contribution in [0.3, 0.4) is 0 Å². The summed E-state index contributed by atoms with van der Waals surface area (Å²) in [4.78, 5) is 15.3. The van der Waals surface area contributed by atoms with Gasteiger partial charge in [-0.1, -0.05) is 0 Å². The second-order valence-electron chi connectivity index (χ2n) is 4.80. The summed E-state index contributed by atoms with van der Waals surface area (Å²) in [5, 5.41) is 2.58. The van der Waals surface area contributed by atoms with Gasteiger partial charge >= 0.3 is 0 Å². The van der Waals surface area contributed by atoms with Crippen molar-refractivity contribution in [3.8, 4) is 5.75 Å². The average molecular weight is 337 g/mol. The largest absolute Gasteiger partial charge is 0.495 e. The van der Waals surface area contributed by atoms with Gasteiger partial charge in [-0.3, -0.25) is 14.5 Å². The van der Waals surface area contributed by atoms with Crippen molar-refractivity contribution in [3.63, 3.8) is 0 Å². The number of fused-ring (bicyclic) bond motifs is 1. The Balaban J connectivity index is 1.98. The fraction of sp³-hybridized carbons (Fsp3) is 0.143. The fourth-order valence-corrected chi connectivity index (χ4v) is 3.43. The van der Waals surface area contributed by atoms with Crippen LogP contribution in [0, 0.1) is 5.82 Å². The molecule has 3 rings (SSSR count). The van der Waals surface area contributed by atoms with E-state index in [1.54, 1.807) is 0 Å². The smallest absolute Gasteiger partial charge is 0.265 e. The van der Waals surface area contributed by atoms with Crippen molar-refractivity contribution in [2.75, 3.05) is 11.8 Å². The lowest BCUT2D eigenvalue weighted by Crippen LogP contribution is -2.15. The van der Waals surface area contributed by atoms with Gasteiger partial charge in [-0.15, -0.1) is 0 Å². The Morgan fingerprint density at radius 3 is 2.87 bits per heavy atom. The molecular weight excluding hydrogens is 325 g/mol. The zero-order chi connectivity index (χ0) is 16.6. The number of halogens is 1. The summed E-state index contributed by atoms with van der Waals surface area (Å²) in [5.41, 5.74) is 0.949. The molecule has 0 fully saturated rings. The van der Waals surface area contributed by atoms with E-state index < -0.39 is 15.8 Å². The number of hydrogen-bond acceptors (Lipinski definition) is 5. The highest BCUT2D eigenvalue weighted by Gasteiger charge is 2.24. The topological polar surface area (TPSA) is 97.4 Å². The molecule has 1 aliphatic heterocycles. The predicted molar refractivity (Wildman–Crippen MR) is 79.2 cm³/mol. The summed E-state index contributed by atoms with van der Waals surface area (Å²) < 4.78 is 45.4. The summed E-state index contributed by atoms with van der Waals surface area (Å²) >= 11 is 0. The predicted octanol–water partition coefficient (Wildman–Crippen LogP) is 1.27. The number of carbonyl (C=O) groups is 1. The van der Waals surface area contributed by atoms with E-state index in [-0.39, 0.29) is 22.2 Å². The minimum absolute atomic E-state index is 0.00534. The van der Waals surface area contributed by atoms with Crippen molar-refractivity contribution in [2.45, 2.75) is 11.4 Å². The Bertz CT molecular complexity index is 899. The first-order valence-electron chi connectivity index (χ1n) is 6.54. The molecule has 1 aromatic heterocycles. The Hall–Kier alpha value is -2.68. The van der Waals surface area contributed by atoms with Crippen molar-refractivity contribution < 1.29 is 22.3 Å². The van der Waals surface area contributed by atoms with E-state index in [0.717, 1.165) is 12.1 Å². The molecule has 0 saturated heterocycles. The van der Waals surface area contributed by atoms with E-state index >= 15 is 0 Å². The van der Waals surface area contributed by atoms with Crippen LogP contribution in [0.25, 0.3) is 0 Å². The van der Waals surface area contributed by atoms with Crippen molar-refractivity contribution in [2.24, 2.45) is 0 Å². The van der Waals surface area contributed by atoms with Crippen LogP contribution in [0.2, 0.25) is 0 Å². The zero-order valence-electron chi connectivity index (χ0n) is 12.0. The van der Waals surface area contributed by atoms with Crippen molar-refractivity contribution in [3.05, 3.63) is 47.5 Å². The molecule has 23 heavy (non-hydrogen) atoms. The van der Waals surface area contributed by atoms with E-state index in [1.807, 2.05) is 0 Å². The number of nitrogens with zero attached hydrogens (tertiary/aromatic N) is 1. The van der Waals surface area contributed by atoms with Gasteiger partial charge in [-0.25, -0.2) is 12.8 Å². The molecule has 7 nitrogen and oxygen atoms in total. The van der Waals surface area contributed by atoms with Crippen LogP contribution in [-0.4, -0.2) is 26.4 Å². The molecule has 0 bridgehead atoms. The van der Waals surface area contributed by atoms with Crippen LogP contribution in [0.15, 0.2) is 35.4 Å². The molecule has 0 unspecified atom stereocenters. The number of sulfonamides is 1. The van der Waals surface area contributed by atoms with E-state index in [4.69, 9.17) is 4.74 Å². The number of ether oxygens (including phenoxy) is 1. The van der Waals surface area contributed by atoms with Crippen molar-refractivity contribution in [1.82, 2.24) is 10.3 Å². The average Bonchev–Trinajstić information content (AvgIpc) is 2.88. The first-order valence-corrected chi connectivity index (χ1v) is 8.02.